The van der Waals surface area contributed by atoms with Gasteiger partial charge in [0.1, 0.15) is 5.82 Å². The molecule has 0 aliphatic rings. The molecule has 0 saturated heterocycles. The number of aryl methyl sites for hydroxylation is 3. The average Bonchev–Trinajstić information content (AvgIpc) is 3.03. The Morgan fingerprint density at radius 1 is 1.07 bits per heavy atom. The van der Waals surface area contributed by atoms with Crippen LogP contribution in [0.15, 0.2) is 47.6 Å². The summed E-state index contributed by atoms with van der Waals surface area (Å²) < 4.78 is 2.01. The van der Waals surface area contributed by atoms with Gasteiger partial charge in [0.05, 0.1) is 11.4 Å². The van der Waals surface area contributed by atoms with E-state index in [1.807, 2.05) is 54.8 Å². The van der Waals surface area contributed by atoms with Gasteiger partial charge < -0.3 is 10.2 Å². The molecule has 0 unspecified atom stereocenters. The van der Waals surface area contributed by atoms with E-state index in [0.29, 0.717) is 5.16 Å². The number of amides is 1. The predicted molar refractivity (Wildman–Crippen MR) is 116 cm³/mol. The molecule has 1 N–H and O–H groups in total. The molecule has 0 radical (unpaired) electrons. The lowest BCUT2D eigenvalue weighted by molar-refractivity contribution is -0.113. The van der Waals surface area contributed by atoms with Gasteiger partial charge >= 0.3 is 0 Å². The van der Waals surface area contributed by atoms with E-state index in [1.165, 1.54) is 17.3 Å². The molecule has 0 bridgehead atoms. The molecule has 0 saturated carbocycles. The quantitative estimate of drug-likeness (QED) is 0.640. The van der Waals surface area contributed by atoms with E-state index in [4.69, 9.17) is 0 Å². The summed E-state index contributed by atoms with van der Waals surface area (Å²) in [5.41, 5.74) is 5.22. The van der Waals surface area contributed by atoms with Crippen molar-refractivity contribution in [1.82, 2.24) is 14.8 Å². The van der Waals surface area contributed by atoms with Gasteiger partial charge in [-0.3, -0.25) is 9.36 Å². The van der Waals surface area contributed by atoms with Gasteiger partial charge in [-0.1, -0.05) is 23.9 Å². The lowest BCUT2D eigenvalue weighted by Crippen LogP contribution is -2.15. The first-order valence-electron chi connectivity index (χ1n) is 9.05. The molecular weight excluding hydrogens is 370 g/mol. The van der Waals surface area contributed by atoms with Gasteiger partial charge in [-0.25, -0.2) is 0 Å². The Kier molecular flexibility index (Phi) is 6.04. The molecule has 146 valence electrons. The highest BCUT2D eigenvalue weighted by atomic mass is 32.2. The van der Waals surface area contributed by atoms with Crippen molar-refractivity contribution in [3.8, 4) is 5.69 Å². The van der Waals surface area contributed by atoms with E-state index >= 15 is 0 Å². The van der Waals surface area contributed by atoms with Crippen LogP contribution in [0.5, 0.6) is 0 Å². The molecule has 3 aromatic rings. The number of hydrogen-bond donors (Lipinski definition) is 1. The zero-order valence-corrected chi connectivity index (χ0v) is 17.7. The molecular formula is C21H25N5OS. The third-order valence-electron chi connectivity index (χ3n) is 4.40. The van der Waals surface area contributed by atoms with Gasteiger partial charge in [-0.05, 0) is 62.2 Å². The number of anilines is 2. The van der Waals surface area contributed by atoms with Crippen molar-refractivity contribution in [2.45, 2.75) is 25.9 Å². The second-order valence-electron chi connectivity index (χ2n) is 6.93. The Bertz CT molecular complexity index is 979. The third kappa shape index (κ3) is 4.54. The summed E-state index contributed by atoms with van der Waals surface area (Å²) >= 11 is 1.38. The Hall–Kier alpha value is -2.80. The summed E-state index contributed by atoms with van der Waals surface area (Å²) in [6.45, 7) is 6.04. The van der Waals surface area contributed by atoms with Crippen LogP contribution in [0.3, 0.4) is 0 Å². The minimum Gasteiger partial charge on any atom is -0.378 e. The minimum absolute atomic E-state index is 0.0734. The SMILES string of the molecule is Cc1ccc(C)c(-n2c(C)nnc2SCC(=O)Nc2ccc(N(C)C)cc2)c1. The Balaban J connectivity index is 1.70. The fraction of sp³-hybridized carbons (Fsp3) is 0.286. The van der Waals surface area contributed by atoms with Crippen LogP contribution in [0.25, 0.3) is 5.69 Å². The summed E-state index contributed by atoms with van der Waals surface area (Å²) in [6, 6.07) is 14.0. The molecule has 0 spiro atoms. The lowest BCUT2D eigenvalue weighted by atomic mass is 10.1. The molecule has 1 heterocycles. The average molecular weight is 396 g/mol. The normalized spacial score (nSPS) is 10.8. The molecule has 7 heteroatoms. The molecule has 0 aliphatic heterocycles. The van der Waals surface area contributed by atoms with Crippen LogP contribution in [-0.4, -0.2) is 40.5 Å². The highest BCUT2D eigenvalue weighted by Gasteiger charge is 2.15. The third-order valence-corrected chi connectivity index (χ3v) is 5.33. The molecule has 1 aromatic heterocycles. The maximum absolute atomic E-state index is 12.4. The van der Waals surface area contributed by atoms with Crippen LogP contribution < -0.4 is 10.2 Å². The van der Waals surface area contributed by atoms with Crippen molar-refractivity contribution in [2.75, 3.05) is 30.1 Å². The van der Waals surface area contributed by atoms with E-state index in [9.17, 15) is 4.79 Å². The second-order valence-corrected chi connectivity index (χ2v) is 7.88. The number of aromatic nitrogens is 3. The number of benzene rings is 2. The Morgan fingerprint density at radius 3 is 2.46 bits per heavy atom. The summed E-state index contributed by atoms with van der Waals surface area (Å²) in [4.78, 5) is 14.4. The van der Waals surface area contributed by atoms with E-state index in [-0.39, 0.29) is 11.7 Å². The zero-order valence-electron chi connectivity index (χ0n) is 16.9. The van der Waals surface area contributed by atoms with Gasteiger partial charge in [0.25, 0.3) is 0 Å². The molecule has 0 fully saturated rings. The lowest BCUT2D eigenvalue weighted by Gasteiger charge is -2.13. The van der Waals surface area contributed by atoms with Crippen LogP contribution in [-0.2, 0) is 4.79 Å². The number of thioether (sulfide) groups is 1. The van der Waals surface area contributed by atoms with Gasteiger partial charge in [0, 0.05) is 25.5 Å². The molecule has 28 heavy (non-hydrogen) atoms. The van der Waals surface area contributed by atoms with Crippen molar-refractivity contribution in [3.05, 3.63) is 59.4 Å². The topological polar surface area (TPSA) is 63.1 Å². The maximum Gasteiger partial charge on any atom is 0.234 e. The monoisotopic (exact) mass is 395 g/mol. The van der Waals surface area contributed by atoms with Crippen molar-refractivity contribution in [1.29, 1.82) is 0 Å². The predicted octanol–water partition coefficient (Wildman–Crippen LogP) is 3.99. The van der Waals surface area contributed by atoms with Crippen molar-refractivity contribution < 1.29 is 4.79 Å². The van der Waals surface area contributed by atoms with E-state index in [1.54, 1.807) is 0 Å². The summed E-state index contributed by atoms with van der Waals surface area (Å²) in [6.07, 6.45) is 0. The molecule has 3 rings (SSSR count). The first kappa shape index (κ1) is 19.9. The van der Waals surface area contributed by atoms with Gasteiger partial charge in [-0.15, -0.1) is 10.2 Å². The highest BCUT2D eigenvalue weighted by Crippen LogP contribution is 2.25. The zero-order chi connectivity index (χ0) is 20.3. The van der Waals surface area contributed by atoms with Crippen molar-refractivity contribution in [2.24, 2.45) is 0 Å². The smallest absolute Gasteiger partial charge is 0.234 e. The Labute approximate surface area is 170 Å². The molecule has 6 nitrogen and oxygen atoms in total. The summed E-state index contributed by atoms with van der Waals surface area (Å²) in [5.74, 6) is 0.991. The molecule has 1 amide bonds. The Morgan fingerprint density at radius 2 is 1.79 bits per heavy atom. The van der Waals surface area contributed by atoms with Crippen LogP contribution >= 0.6 is 11.8 Å². The van der Waals surface area contributed by atoms with E-state index < -0.39 is 0 Å². The number of rotatable bonds is 6. The largest absolute Gasteiger partial charge is 0.378 e. The maximum atomic E-state index is 12.4. The molecule has 0 aliphatic carbocycles. The van der Waals surface area contributed by atoms with Crippen LogP contribution in [0.1, 0.15) is 17.0 Å². The van der Waals surface area contributed by atoms with Crippen LogP contribution in [0.4, 0.5) is 11.4 Å². The highest BCUT2D eigenvalue weighted by molar-refractivity contribution is 7.99. The summed E-state index contributed by atoms with van der Waals surface area (Å²) in [7, 11) is 3.97. The standard InChI is InChI=1S/C21H25N5OS/c1-14-6-7-15(2)19(12-14)26-16(3)23-24-21(26)28-13-20(27)22-17-8-10-18(11-9-17)25(4)5/h6-12H,13H2,1-5H3,(H,22,27). The number of nitrogens with one attached hydrogen (secondary N) is 1. The van der Waals surface area contributed by atoms with Crippen molar-refractivity contribution >= 4 is 29.0 Å². The number of carbonyl (C=O) groups is 1. The first-order valence-corrected chi connectivity index (χ1v) is 10.0. The van der Waals surface area contributed by atoms with E-state index in [0.717, 1.165) is 28.5 Å². The van der Waals surface area contributed by atoms with Gasteiger partial charge in [0.15, 0.2) is 5.16 Å². The first-order chi connectivity index (χ1) is 13.3. The number of hydrogen-bond acceptors (Lipinski definition) is 5. The van der Waals surface area contributed by atoms with Crippen LogP contribution in [0.2, 0.25) is 0 Å². The van der Waals surface area contributed by atoms with E-state index in [2.05, 4.69) is 47.6 Å². The van der Waals surface area contributed by atoms with Gasteiger partial charge in [-0.2, -0.15) is 0 Å². The number of nitrogens with zero attached hydrogens (tertiary/aromatic N) is 4. The van der Waals surface area contributed by atoms with Crippen molar-refractivity contribution in [3.63, 3.8) is 0 Å². The minimum atomic E-state index is -0.0734. The second kappa shape index (κ2) is 8.48. The fourth-order valence-corrected chi connectivity index (χ4v) is 3.63. The molecule has 2 aromatic carbocycles. The molecule has 0 atom stereocenters. The summed E-state index contributed by atoms with van der Waals surface area (Å²) in [5, 5.41) is 12.1. The fourth-order valence-electron chi connectivity index (χ4n) is 2.84. The van der Waals surface area contributed by atoms with Crippen LogP contribution in [0, 0.1) is 20.8 Å². The number of carbonyl (C=O) groups excluding carboxylic acids is 1. The van der Waals surface area contributed by atoms with Gasteiger partial charge in [0.2, 0.25) is 5.91 Å².